The molecule has 0 radical (unpaired) electrons. The van der Waals surface area contributed by atoms with Gasteiger partial charge in [-0.3, -0.25) is 14.4 Å². The van der Waals surface area contributed by atoms with Crippen LogP contribution in [0, 0.1) is 5.82 Å². The summed E-state index contributed by atoms with van der Waals surface area (Å²) >= 11 is 5.79. The molecule has 2 rings (SSSR count). The highest BCUT2D eigenvalue weighted by atomic mass is 35.5. The highest BCUT2D eigenvalue weighted by Gasteiger charge is 2.11. The molecule has 0 atom stereocenters. The lowest BCUT2D eigenvalue weighted by Gasteiger charge is -2.08. The molecule has 25 heavy (non-hydrogen) atoms. The maximum Gasteiger partial charge on any atom is 0.325 e. The van der Waals surface area contributed by atoms with Crippen molar-refractivity contribution in [3.63, 3.8) is 0 Å². The van der Waals surface area contributed by atoms with Gasteiger partial charge in [-0.15, -0.1) is 0 Å². The van der Waals surface area contributed by atoms with Crippen molar-refractivity contribution >= 4 is 35.1 Å². The Bertz CT molecular complexity index is 780. The van der Waals surface area contributed by atoms with Gasteiger partial charge in [-0.1, -0.05) is 17.7 Å². The van der Waals surface area contributed by atoms with Crippen LogP contribution in [-0.2, 0) is 14.3 Å². The second kappa shape index (κ2) is 8.79. The molecular weight excluding hydrogens is 351 g/mol. The van der Waals surface area contributed by atoms with E-state index in [0.717, 1.165) is 12.1 Å². The quantitative estimate of drug-likeness (QED) is 0.771. The van der Waals surface area contributed by atoms with Gasteiger partial charge < -0.3 is 15.4 Å². The van der Waals surface area contributed by atoms with Gasteiger partial charge in [-0.05, 0) is 42.5 Å². The summed E-state index contributed by atoms with van der Waals surface area (Å²) in [5, 5.41) is 5.28. The van der Waals surface area contributed by atoms with Crippen LogP contribution in [0.2, 0.25) is 5.02 Å². The summed E-state index contributed by atoms with van der Waals surface area (Å²) in [6.07, 6.45) is 0. The number of esters is 1. The van der Waals surface area contributed by atoms with Gasteiger partial charge in [0, 0.05) is 16.3 Å². The minimum atomic E-state index is -0.781. The minimum absolute atomic E-state index is 0.202. The van der Waals surface area contributed by atoms with Crippen LogP contribution in [0.4, 0.5) is 10.1 Å². The Morgan fingerprint density at radius 2 is 1.80 bits per heavy atom. The predicted octanol–water partition coefficient (Wildman–Crippen LogP) is 2.39. The van der Waals surface area contributed by atoms with Crippen molar-refractivity contribution in [3.05, 3.63) is 64.9 Å². The van der Waals surface area contributed by atoms with Crippen molar-refractivity contribution in [1.82, 2.24) is 5.32 Å². The summed E-state index contributed by atoms with van der Waals surface area (Å²) in [5.74, 6) is -2.35. The number of carbonyl (C=O) groups excluding carboxylic acids is 3. The number of nitrogens with one attached hydrogen (secondary N) is 2. The van der Waals surface area contributed by atoms with Gasteiger partial charge in [0.05, 0.1) is 0 Å². The van der Waals surface area contributed by atoms with Gasteiger partial charge in [0.25, 0.3) is 11.8 Å². The van der Waals surface area contributed by atoms with Crippen molar-refractivity contribution in [2.45, 2.75) is 0 Å². The van der Waals surface area contributed by atoms with E-state index < -0.39 is 36.8 Å². The maximum absolute atomic E-state index is 12.8. The van der Waals surface area contributed by atoms with Crippen LogP contribution in [0.3, 0.4) is 0 Å². The van der Waals surface area contributed by atoms with E-state index in [0.29, 0.717) is 10.7 Å². The van der Waals surface area contributed by atoms with Gasteiger partial charge in [-0.2, -0.15) is 0 Å². The van der Waals surface area contributed by atoms with E-state index in [1.807, 2.05) is 0 Å². The van der Waals surface area contributed by atoms with E-state index in [1.54, 1.807) is 24.3 Å². The van der Waals surface area contributed by atoms with Gasteiger partial charge in [0.1, 0.15) is 12.4 Å². The highest BCUT2D eigenvalue weighted by Crippen LogP contribution is 2.14. The average Bonchev–Trinajstić information content (AvgIpc) is 2.58. The number of anilines is 1. The van der Waals surface area contributed by atoms with Crippen molar-refractivity contribution in [1.29, 1.82) is 0 Å². The zero-order chi connectivity index (χ0) is 18.2. The number of benzene rings is 2. The van der Waals surface area contributed by atoms with Crippen LogP contribution in [-0.4, -0.2) is 30.9 Å². The fourth-order valence-corrected chi connectivity index (χ4v) is 2.01. The van der Waals surface area contributed by atoms with E-state index in [-0.39, 0.29) is 5.56 Å². The van der Waals surface area contributed by atoms with Gasteiger partial charge in [-0.25, -0.2) is 4.39 Å². The fourth-order valence-electron chi connectivity index (χ4n) is 1.82. The predicted molar refractivity (Wildman–Crippen MR) is 89.8 cm³/mol. The van der Waals surface area contributed by atoms with Crippen LogP contribution in [0.15, 0.2) is 48.5 Å². The summed E-state index contributed by atoms with van der Waals surface area (Å²) in [4.78, 5) is 34.9. The first-order valence-corrected chi connectivity index (χ1v) is 7.56. The number of amides is 2. The third kappa shape index (κ3) is 6.23. The Balaban J connectivity index is 1.72. The molecule has 0 unspecified atom stereocenters. The van der Waals surface area contributed by atoms with E-state index >= 15 is 0 Å². The molecule has 6 nitrogen and oxygen atoms in total. The third-order valence-electron chi connectivity index (χ3n) is 2.97. The molecule has 130 valence electrons. The molecule has 0 saturated heterocycles. The van der Waals surface area contributed by atoms with Crippen LogP contribution >= 0.6 is 11.6 Å². The number of carbonyl (C=O) groups is 3. The number of rotatable bonds is 6. The first kappa shape index (κ1) is 18.4. The summed E-state index contributed by atoms with van der Waals surface area (Å²) in [7, 11) is 0. The largest absolute Gasteiger partial charge is 0.454 e. The molecule has 2 amide bonds. The van der Waals surface area contributed by atoms with Crippen molar-refractivity contribution in [3.8, 4) is 0 Å². The number of halogens is 2. The first-order chi connectivity index (χ1) is 11.9. The smallest absolute Gasteiger partial charge is 0.325 e. The first-order valence-electron chi connectivity index (χ1n) is 7.19. The highest BCUT2D eigenvalue weighted by molar-refractivity contribution is 6.30. The Kier molecular flexibility index (Phi) is 6.47. The SMILES string of the molecule is O=C(COC(=O)CNC(=O)c1ccc(F)cc1)Nc1cccc(Cl)c1. The standard InChI is InChI=1S/C17H14ClFN2O4/c18-12-2-1-3-14(8-12)21-15(22)10-25-16(23)9-20-17(24)11-4-6-13(19)7-5-11/h1-8H,9-10H2,(H,20,24)(H,21,22). The molecule has 8 heteroatoms. The minimum Gasteiger partial charge on any atom is -0.454 e. The van der Waals surface area contributed by atoms with Gasteiger partial charge >= 0.3 is 5.97 Å². The molecule has 0 aromatic heterocycles. The molecule has 0 aliphatic carbocycles. The Labute approximate surface area is 147 Å². The van der Waals surface area contributed by atoms with Gasteiger partial charge in [0.2, 0.25) is 0 Å². The monoisotopic (exact) mass is 364 g/mol. The fraction of sp³-hybridized carbons (Fsp3) is 0.118. The molecule has 0 aliphatic rings. The maximum atomic E-state index is 12.8. The molecule has 2 N–H and O–H groups in total. The lowest BCUT2D eigenvalue weighted by Crippen LogP contribution is -2.32. The van der Waals surface area contributed by atoms with Crippen molar-refractivity contribution in [2.75, 3.05) is 18.5 Å². The summed E-state index contributed by atoms with van der Waals surface area (Å²) in [6.45, 7) is -0.918. The number of hydrogen-bond donors (Lipinski definition) is 2. The van der Waals surface area contributed by atoms with Crippen molar-refractivity contribution in [2.24, 2.45) is 0 Å². The molecule has 0 saturated carbocycles. The number of ether oxygens (including phenoxy) is 1. The van der Waals surface area contributed by atoms with Crippen LogP contribution in [0.1, 0.15) is 10.4 Å². The second-order valence-corrected chi connectivity index (χ2v) is 5.35. The van der Waals surface area contributed by atoms with Gasteiger partial charge in [0.15, 0.2) is 6.61 Å². The molecule has 2 aromatic rings. The summed E-state index contributed by atoms with van der Waals surface area (Å²) in [5.41, 5.74) is 0.672. The third-order valence-corrected chi connectivity index (χ3v) is 3.21. The lowest BCUT2D eigenvalue weighted by molar-refractivity contribution is -0.146. The van der Waals surface area contributed by atoms with Crippen molar-refractivity contribution < 1.29 is 23.5 Å². The molecule has 0 bridgehead atoms. The Morgan fingerprint density at radius 1 is 1.08 bits per heavy atom. The molecule has 2 aromatic carbocycles. The average molecular weight is 365 g/mol. The molecular formula is C17H14ClFN2O4. The van der Waals surface area contributed by atoms with Crippen LogP contribution < -0.4 is 10.6 Å². The summed E-state index contributed by atoms with van der Waals surface area (Å²) in [6, 6.07) is 11.3. The molecule has 0 fully saturated rings. The van der Waals surface area contributed by atoms with Crippen LogP contribution in [0.25, 0.3) is 0 Å². The molecule has 0 aliphatic heterocycles. The van der Waals surface area contributed by atoms with E-state index in [2.05, 4.69) is 10.6 Å². The Hall–Kier alpha value is -2.93. The molecule has 0 heterocycles. The summed E-state index contributed by atoms with van der Waals surface area (Å²) < 4.78 is 17.5. The van der Waals surface area contributed by atoms with E-state index in [9.17, 15) is 18.8 Å². The second-order valence-electron chi connectivity index (χ2n) is 4.91. The lowest BCUT2D eigenvalue weighted by atomic mass is 10.2. The topological polar surface area (TPSA) is 84.5 Å². The normalized spacial score (nSPS) is 10.0. The van der Waals surface area contributed by atoms with Crippen LogP contribution in [0.5, 0.6) is 0 Å². The van der Waals surface area contributed by atoms with E-state index in [1.165, 1.54) is 12.1 Å². The Morgan fingerprint density at radius 3 is 2.48 bits per heavy atom. The zero-order valence-corrected chi connectivity index (χ0v) is 13.7. The van der Waals surface area contributed by atoms with E-state index in [4.69, 9.17) is 16.3 Å². The zero-order valence-electron chi connectivity index (χ0n) is 12.9. The molecule has 0 spiro atoms. The number of hydrogen-bond acceptors (Lipinski definition) is 4.